The Morgan fingerprint density at radius 3 is 2.70 bits per heavy atom. The lowest BCUT2D eigenvalue weighted by molar-refractivity contribution is -0.133. The van der Waals surface area contributed by atoms with Gasteiger partial charge in [0.2, 0.25) is 0 Å². The number of nitrogens with zero attached hydrogens (tertiary/aromatic N) is 4. The van der Waals surface area contributed by atoms with Gasteiger partial charge in [-0.15, -0.1) is 10.2 Å². The summed E-state index contributed by atoms with van der Waals surface area (Å²) in [4.78, 5) is 12.9. The Bertz CT molecular complexity index is 434. The summed E-state index contributed by atoms with van der Waals surface area (Å²) >= 11 is 1.23. The van der Waals surface area contributed by atoms with Crippen molar-refractivity contribution < 1.29 is 9.90 Å². The molecule has 7 heteroatoms. The number of hydrogen-bond donors (Lipinski definition) is 1. The van der Waals surface area contributed by atoms with E-state index >= 15 is 0 Å². The number of aromatic nitrogens is 3. The van der Waals surface area contributed by atoms with Crippen molar-refractivity contribution in [3.63, 3.8) is 0 Å². The first-order chi connectivity index (χ1) is 9.45. The van der Waals surface area contributed by atoms with E-state index in [4.69, 9.17) is 5.11 Å². The topological polar surface area (TPSA) is 71.2 Å². The SMILES string of the molecule is CCCc1nnc(SCC(=O)O)n1CCN(C)C(C)C. The maximum atomic E-state index is 10.7. The minimum atomic E-state index is -0.833. The van der Waals surface area contributed by atoms with Crippen LogP contribution < -0.4 is 0 Å². The largest absolute Gasteiger partial charge is 0.481 e. The first-order valence-corrected chi connectivity index (χ1v) is 7.91. The molecule has 1 heterocycles. The van der Waals surface area contributed by atoms with Gasteiger partial charge in [0.15, 0.2) is 5.16 Å². The van der Waals surface area contributed by atoms with Crippen molar-refractivity contribution >= 4 is 17.7 Å². The monoisotopic (exact) mass is 300 g/mol. The summed E-state index contributed by atoms with van der Waals surface area (Å²) in [6, 6.07) is 0.483. The third kappa shape index (κ3) is 5.13. The standard InChI is InChI=1S/C13H24N4O2S/c1-5-6-11-14-15-13(20-9-12(18)19)17(11)8-7-16(4)10(2)3/h10H,5-9H2,1-4H3,(H,18,19). The van der Waals surface area contributed by atoms with E-state index in [-0.39, 0.29) is 5.75 Å². The van der Waals surface area contributed by atoms with Crippen molar-refractivity contribution in [2.24, 2.45) is 0 Å². The fourth-order valence-electron chi connectivity index (χ4n) is 1.70. The molecule has 0 aliphatic carbocycles. The average Bonchev–Trinajstić information content (AvgIpc) is 2.76. The third-order valence-electron chi connectivity index (χ3n) is 3.15. The summed E-state index contributed by atoms with van der Waals surface area (Å²) < 4.78 is 2.05. The lowest BCUT2D eigenvalue weighted by Gasteiger charge is -2.21. The summed E-state index contributed by atoms with van der Waals surface area (Å²) in [6.45, 7) is 8.09. The average molecular weight is 300 g/mol. The zero-order valence-corrected chi connectivity index (χ0v) is 13.5. The zero-order valence-electron chi connectivity index (χ0n) is 12.7. The molecule has 0 aromatic carbocycles. The van der Waals surface area contributed by atoms with Gasteiger partial charge < -0.3 is 14.6 Å². The number of carbonyl (C=O) groups is 1. The number of aryl methyl sites for hydroxylation is 1. The summed E-state index contributed by atoms with van der Waals surface area (Å²) in [5.41, 5.74) is 0. The van der Waals surface area contributed by atoms with E-state index in [1.54, 1.807) is 0 Å². The van der Waals surface area contributed by atoms with Gasteiger partial charge in [-0.1, -0.05) is 18.7 Å². The van der Waals surface area contributed by atoms with Gasteiger partial charge >= 0.3 is 5.97 Å². The van der Waals surface area contributed by atoms with Gasteiger partial charge in [0.25, 0.3) is 0 Å². The number of hydrogen-bond acceptors (Lipinski definition) is 5. The maximum Gasteiger partial charge on any atom is 0.313 e. The number of rotatable bonds is 9. The molecule has 0 saturated carbocycles. The fraction of sp³-hybridized carbons (Fsp3) is 0.769. The van der Waals surface area contributed by atoms with Crippen LogP contribution in [0.15, 0.2) is 5.16 Å². The van der Waals surface area contributed by atoms with Crippen molar-refractivity contribution in [2.45, 2.75) is 51.4 Å². The van der Waals surface area contributed by atoms with Crippen LogP contribution in [0.3, 0.4) is 0 Å². The molecule has 0 saturated heterocycles. The Morgan fingerprint density at radius 1 is 1.45 bits per heavy atom. The van der Waals surface area contributed by atoms with Crippen molar-refractivity contribution in [1.29, 1.82) is 0 Å². The molecule has 0 amide bonds. The van der Waals surface area contributed by atoms with E-state index in [1.807, 2.05) is 0 Å². The Kier molecular flexibility index (Phi) is 7.01. The lowest BCUT2D eigenvalue weighted by atomic mass is 10.3. The van der Waals surface area contributed by atoms with Gasteiger partial charge in [-0.05, 0) is 27.3 Å². The van der Waals surface area contributed by atoms with E-state index in [2.05, 4.69) is 47.5 Å². The van der Waals surface area contributed by atoms with E-state index in [9.17, 15) is 4.79 Å². The second-order valence-corrected chi connectivity index (χ2v) is 6.00. The van der Waals surface area contributed by atoms with Crippen LogP contribution in [0, 0.1) is 0 Å². The molecule has 0 unspecified atom stereocenters. The number of thioether (sulfide) groups is 1. The quantitative estimate of drug-likeness (QED) is 0.701. The van der Waals surface area contributed by atoms with Crippen LogP contribution in [-0.4, -0.2) is 56.1 Å². The predicted octanol–water partition coefficient (Wildman–Crippen LogP) is 1.75. The molecule has 1 aromatic heterocycles. The van der Waals surface area contributed by atoms with Crippen LogP contribution in [-0.2, 0) is 17.8 Å². The molecule has 1 rings (SSSR count). The normalized spacial score (nSPS) is 11.5. The highest BCUT2D eigenvalue weighted by molar-refractivity contribution is 7.99. The van der Waals surface area contributed by atoms with Crippen LogP contribution in [0.2, 0.25) is 0 Å². The smallest absolute Gasteiger partial charge is 0.313 e. The highest BCUT2D eigenvalue weighted by Crippen LogP contribution is 2.17. The molecule has 1 N–H and O–H groups in total. The molecule has 0 aliphatic heterocycles. The fourth-order valence-corrected chi connectivity index (χ4v) is 2.40. The lowest BCUT2D eigenvalue weighted by Crippen LogP contribution is -2.30. The van der Waals surface area contributed by atoms with Gasteiger partial charge in [-0.25, -0.2) is 0 Å². The molecule has 20 heavy (non-hydrogen) atoms. The Balaban J connectivity index is 2.76. The number of likely N-dealkylation sites (N-methyl/N-ethyl adjacent to an activating group) is 1. The highest BCUT2D eigenvalue weighted by Gasteiger charge is 2.14. The Morgan fingerprint density at radius 2 is 2.15 bits per heavy atom. The Labute approximate surface area is 124 Å². The third-order valence-corrected chi connectivity index (χ3v) is 4.10. The first-order valence-electron chi connectivity index (χ1n) is 6.92. The van der Waals surface area contributed by atoms with Gasteiger partial charge in [-0.2, -0.15) is 0 Å². The molecular weight excluding hydrogens is 276 g/mol. The summed E-state index contributed by atoms with van der Waals surface area (Å²) in [7, 11) is 2.08. The molecule has 0 spiro atoms. The molecule has 0 fully saturated rings. The molecule has 114 valence electrons. The van der Waals surface area contributed by atoms with Crippen molar-refractivity contribution in [1.82, 2.24) is 19.7 Å². The molecule has 0 atom stereocenters. The maximum absolute atomic E-state index is 10.7. The van der Waals surface area contributed by atoms with E-state index in [1.165, 1.54) is 11.8 Å². The van der Waals surface area contributed by atoms with Crippen LogP contribution in [0.25, 0.3) is 0 Å². The zero-order chi connectivity index (χ0) is 15.1. The number of carboxylic acids is 1. The summed E-state index contributed by atoms with van der Waals surface area (Å²) in [5, 5.41) is 17.8. The molecule has 0 radical (unpaired) electrons. The molecule has 1 aromatic rings. The second kappa shape index (κ2) is 8.26. The first kappa shape index (κ1) is 17.0. The predicted molar refractivity (Wildman–Crippen MR) is 80.1 cm³/mol. The minimum Gasteiger partial charge on any atom is -0.481 e. The molecular formula is C13H24N4O2S. The van der Waals surface area contributed by atoms with Crippen LogP contribution in [0.1, 0.15) is 33.0 Å². The highest BCUT2D eigenvalue weighted by atomic mass is 32.2. The van der Waals surface area contributed by atoms with Crippen LogP contribution in [0.5, 0.6) is 0 Å². The van der Waals surface area contributed by atoms with Gasteiger partial charge in [-0.3, -0.25) is 4.79 Å². The van der Waals surface area contributed by atoms with Gasteiger partial charge in [0, 0.05) is 25.6 Å². The van der Waals surface area contributed by atoms with Crippen molar-refractivity contribution in [3.8, 4) is 0 Å². The van der Waals surface area contributed by atoms with Crippen molar-refractivity contribution in [2.75, 3.05) is 19.3 Å². The summed E-state index contributed by atoms with van der Waals surface area (Å²) in [5.74, 6) is 0.128. The minimum absolute atomic E-state index is 0.0181. The Hall–Kier alpha value is -1.08. The number of carboxylic acid groups (broad SMARTS) is 1. The van der Waals surface area contributed by atoms with Gasteiger partial charge in [0.05, 0.1) is 5.75 Å². The van der Waals surface area contributed by atoms with E-state index in [0.717, 1.165) is 31.8 Å². The number of aliphatic carboxylic acids is 1. The molecule has 0 aliphatic rings. The van der Waals surface area contributed by atoms with Crippen LogP contribution in [0.4, 0.5) is 0 Å². The van der Waals surface area contributed by atoms with E-state index < -0.39 is 5.97 Å². The van der Waals surface area contributed by atoms with E-state index in [0.29, 0.717) is 11.2 Å². The molecule has 6 nitrogen and oxygen atoms in total. The second-order valence-electron chi connectivity index (χ2n) is 5.06. The van der Waals surface area contributed by atoms with Crippen molar-refractivity contribution in [3.05, 3.63) is 5.82 Å². The summed E-state index contributed by atoms with van der Waals surface area (Å²) in [6.07, 6.45) is 1.87. The molecule has 0 bridgehead atoms. The van der Waals surface area contributed by atoms with Crippen LogP contribution >= 0.6 is 11.8 Å². The van der Waals surface area contributed by atoms with Gasteiger partial charge in [0.1, 0.15) is 5.82 Å².